The molecule has 0 N–H and O–H groups in total. The highest BCUT2D eigenvalue weighted by Gasteiger charge is 2.46. The number of amides is 1. The molecule has 2 aromatic rings. The van der Waals surface area contributed by atoms with E-state index in [4.69, 9.17) is 0 Å². The summed E-state index contributed by atoms with van der Waals surface area (Å²) in [6.07, 6.45) is 7.63. The van der Waals surface area contributed by atoms with E-state index in [1.165, 1.54) is 5.56 Å². The third-order valence-electron chi connectivity index (χ3n) is 5.73. The summed E-state index contributed by atoms with van der Waals surface area (Å²) in [6, 6.07) is 12.5. The Labute approximate surface area is 149 Å². The molecule has 0 radical (unpaired) electrons. The van der Waals surface area contributed by atoms with E-state index in [0.29, 0.717) is 0 Å². The number of hydrogen-bond acceptors (Lipinski definition) is 3. The van der Waals surface area contributed by atoms with Crippen molar-refractivity contribution in [2.75, 3.05) is 32.7 Å². The molecule has 5 nitrogen and oxygen atoms in total. The lowest BCUT2D eigenvalue weighted by atomic mass is 9.85. The highest BCUT2D eigenvalue weighted by Crippen LogP contribution is 2.33. The number of benzene rings is 1. The van der Waals surface area contributed by atoms with Crippen LogP contribution in [0.25, 0.3) is 0 Å². The van der Waals surface area contributed by atoms with Gasteiger partial charge in [0.15, 0.2) is 0 Å². The second-order valence-electron chi connectivity index (χ2n) is 7.21. The van der Waals surface area contributed by atoms with Gasteiger partial charge in [-0.3, -0.25) is 9.48 Å². The lowest BCUT2D eigenvalue weighted by Crippen LogP contribution is -2.59. The van der Waals surface area contributed by atoms with Crippen LogP contribution in [0.1, 0.15) is 24.8 Å². The van der Waals surface area contributed by atoms with Crippen LogP contribution >= 0.6 is 0 Å². The van der Waals surface area contributed by atoms with Crippen LogP contribution in [-0.4, -0.2) is 58.2 Å². The number of carbonyl (C=O) groups excluding carboxylic acids is 1. The number of hydrogen-bond donors (Lipinski definition) is 0. The molecule has 0 unspecified atom stereocenters. The first-order valence-corrected chi connectivity index (χ1v) is 9.34. The molecule has 0 atom stereocenters. The molecule has 2 saturated heterocycles. The number of rotatable bonds is 5. The summed E-state index contributed by atoms with van der Waals surface area (Å²) in [5.74, 6) is 0.269. The van der Waals surface area contributed by atoms with Gasteiger partial charge in [0.05, 0.1) is 0 Å². The van der Waals surface area contributed by atoms with E-state index in [1.54, 1.807) is 6.20 Å². The molecule has 0 spiro atoms. The second-order valence-corrected chi connectivity index (χ2v) is 7.21. The van der Waals surface area contributed by atoms with Gasteiger partial charge in [0.2, 0.25) is 0 Å². The molecule has 4 rings (SSSR count). The zero-order valence-electron chi connectivity index (χ0n) is 14.7. The first kappa shape index (κ1) is 16.3. The Bertz CT molecular complexity index is 686. The predicted octanol–water partition coefficient (Wildman–Crippen LogP) is 2.15. The third-order valence-corrected chi connectivity index (χ3v) is 5.73. The molecule has 0 aliphatic carbocycles. The van der Waals surface area contributed by atoms with Gasteiger partial charge < -0.3 is 9.80 Å². The minimum Gasteiger partial charge on any atom is -0.340 e. The van der Waals surface area contributed by atoms with Crippen LogP contribution in [0.2, 0.25) is 0 Å². The molecule has 2 fully saturated rings. The Morgan fingerprint density at radius 2 is 1.80 bits per heavy atom. The first-order valence-electron chi connectivity index (χ1n) is 9.34. The van der Waals surface area contributed by atoms with E-state index in [9.17, 15) is 4.79 Å². The number of piperidine rings is 1. The maximum absolute atomic E-state index is 13.1. The quantitative estimate of drug-likeness (QED) is 0.839. The van der Waals surface area contributed by atoms with E-state index < -0.39 is 5.54 Å². The molecular weight excluding hydrogens is 312 g/mol. The zero-order valence-corrected chi connectivity index (χ0v) is 14.7. The fraction of sp³-hybridized carbons (Fsp3) is 0.500. The number of carbonyl (C=O) groups is 1. The average Bonchev–Trinajstić information content (AvgIpc) is 3.15. The molecule has 1 aromatic heterocycles. The van der Waals surface area contributed by atoms with Crippen molar-refractivity contribution in [3.05, 3.63) is 54.4 Å². The van der Waals surface area contributed by atoms with Gasteiger partial charge in [-0.1, -0.05) is 30.3 Å². The van der Waals surface area contributed by atoms with Gasteiger partial charge in [0, 0.05) is 45.1 Å². The van der Waals surface area contributed by atoms with Gasteiger partial charge in [-0.15, -0.1) is 0 Å². The summed E-state index contributed by atoms with van der Waals surface area (Å²) < 4.78 is 1.92. The summed E-state index contributed by atoms with van der Waals surface area (Å²) in [6.45, 7) is 4.76. The van der Waals surface area contributed by atoms with E-state index in [0.717, 1.165) is 58.4 Å². The summed E-state index contributed by atoms with van der Waals surface area (Å²) in [4.78, 5) is 17.6. The standard InChI is InChI=1S/C20H26N4O/c25-19(23-12-5-13-23)20(24-14-4-11-21-24)9-16-22(17-10-20)15-8-18-6-2-1-3-7-18/h1-4,6-7,11,14H,5,8-10,12-13,15-17H2. The largest absolute Gasteiger partial charge is 0.340 e. The van der Waals surface area contributed by atoms with Gasteiger partial charge in [-0.25, -0.2) is 0 Å². The lowest BCUT2D eigenvalue weighted by molar-refractivity contribution is -0.148. The van der Waals surface area contributed by atoms with Crippen molar-refractivity contribution >= 4 is 5.91 Å². The molecule has 2 aliphatic rings. The van der Waals surface area contributed by atoms with E-state index >= 15 is 0 Å². The first-order chi connectivity index (χ1) is 12.3. The van der Waals surface area contributed by atoms with Crippen molar-refractivity contribution in [1.29, 1.82) is 0 Å². The smallest absolute Gasteiger partial charge is 0.250 e. The summed E-state index contributed by atoms with van der Waals surface area (Å²) in [5, 5.41) is 4.44. The molecule has 5 heteroatoms. The Morgan fingerprint density at radius 3 is 2.40 bits per heavy atom. The van der Waals surface area contributed by atoms with Crippen molar-refractivity contribution in [2.24, 2.45) is 0 Å². The van der Waals surface area contributed by atoms with Crippen LogP contribution in [-0.2, 0) is 16.8 Å². The van der Waals surface area contributed by atoms with Crippen LogP contribution in [0, 0.1) is 0 Å². The minimum atomic E-state index is -0.479. The maximum Gasteiger partial charge on any atom is 0.250 e. The van der Waals surface area contributed by atoms with Gasteiger partial charge in [0.1, 0.15) is 5.54 Å². The van der Waals surface area contributed by atoms with Crippen molar-refractivity contribution in [3.63, 3.8) is 0 Å². The molecule has 2 aliphatic heterocycles. The fourth-order valence-corrected chi connectivity index (χ4v) is 3.96. The molecule has 0 saturated carbocycles. The molecular formula is C20H26N4O. The highest BCUT2D eigenvalue weighted by molar-refractivity contribution is 5.85. The van der Waals surface area contributed by atoms with Crippen LogP contribution in [0.15, 0.2) is 48.8 Å². The Balaban J connectivity index is 1.42. The monoisotopic (exact) mass is 338 g/mol. The van der Waals surface area contributed by atoms with Crippen LogP contribution < -0.4 is 0 Å². The van der Waals surface area contributed by atoms with Crippen LogP contribution in [0.3, 0.4) is 0 Å². The van der Waals surface area contributed by atoms with Gasteiger partial charge in [0.25, 0.3) is 5.91 Å². The van der Waals surface area contributed by atoms with E-state index in [1.807, 2.05) is 21.8 Å². The minimum absolute atomic E-state index is 0.269. The van der Waals surface area contributed by atoms with Crippen molar-refractivity contribution < 1.29 is 4.79 Å². The van der Waals surface area contributed by atoms with Gasteiger partial charge in [-0.05, 0) is 37.3 Å². The lowest BCUT2D eigenvalue weighted by Gasteiger charge is -2.45. The Hall–Kier alpha value is -2.14. The molecule has 3 heterocycles. The average molecular weight is 338 g/mol. The summed E-state index contributed by atoms with van der Waals surface area (Å²) in [7, 11) is 0. The maximum atomic E-state index is 13.1. The fourth-order valence-electron chi connectivity index (χ4n) is 3.96. The Kier molecular flexibility index (Phi) is 4.57. The van der Waals surface area contributed by atoms with Crippen LogP contribution in [0.4, 0.5) is 0 Å². The molecule has 1 amide bonds. The highest BCUT2D eigenvalue weighted by atomic mass is 16.2. The van der Waals surface area contributed by atoms with Crippen molar-refractivity contribution in [3.8, 4) is 0 Å². The number of aromatic nitrogens is 2. The summed E-state index contributed by atoms with van der Waals surface area (Å²) >= 11 is 0. The van der Waals surface area contributed by atoms with E-state index in [2.05, 4.69) is 40.3 Å². The van der Waals surface area contributed by atoms with E-state index in [-0.39, 0.29) is 5.91 Å². The molecule has 132 valence electrons. The summed E-state index contributed by atoms with van der Waals surface area (Å²) in [5.41, 5.74) is 0.899. The van der Waals surface area contributed by atoms with Crippen molar-refractivity contribution in [1.82, 2.24) is 19.6 Å². The number of likely N-dealkylation sites (tertiary alicyclic amines) is 2. The van der Waals surface area contributed by atoms with Crippen molar-refractivity contribution in [2.45, 2.75) is 31.2 Å². The van der Waals surface area contributed by atoms with Gasteiger partial charge in [-0.2, -0.15) is 5.10 Å². The zero-order chi connectivity index (χ0) is 17.1. The predicted molar refractivity (Wildman–Crippen MR) is 97.2 cm³/mol. The Morgan fingerprint density at radius 1 is 1.04 bits per heavy atom. The van der Waals surface area contributed by atoms with Crippen LogP contribution in [0.5, 0.6) is 0 Å². The molecule has 1 aromatic carbocycles. The SMILES string of the molecule is O=C(N1CCC1)C1(n2cccn2)CCN(CCc2ccccc2)CC1. The topological polar surface area (TPSA) is 41.4 Å². The number of nitrogens with zero attached hydrogens (tertiary/aromatic N) is 4. The molecule has 25 heavy (non-hydrogen) atoms. The van der Waals surface area contributed by atoms with Gasteiger partial charge >= 0.3 is 0 Å². The normalized spacial score (nSPS) is 20.2. The molecule has 0 bridgehead atoms. The second kappa shape index (κ2) is 7.00. The third kappa shape index (κ3) is 3.21.